The maximum Gasteiger partial charge on any atom is 0.129 e. The quantitative estimate of drug-likeness (QED) is 0.781. The van der Waals surface area contributed by atoms with Gasteiger partial charge in [-0.1, -0.05) is 24.3 Å². The summed E-state index contributed by atoms with van der Waals surface area (Å²) in [5.74, 6) is 1.86. The van der Waals surface area contributed by atoms with Gasteiger partial charge in [-0.3, -0.25) is 0 Å². The van der Waals surface area contributed by atoms with Crippen LogP contribution in [-0.2, 0) is 0 Å². The summed E-state index contributed by atoms with van der Waals surface area (Å²) in [6, 6.07) is 10.2. The molecule has 2 nitrogen and oxygen atoms in total. The SMILES string of the molecule is CCOc1cc(C)c(OC)c2ccccc12. The van der Waals surface area contributed by atoms with Gasteiger partial charge in [0.1, 0.15) is 11.5 Å². The third-order valence-electron chi connectivity index (χ3n) is 2.65. The molecular weight excluding hydrogens is 200 g/mol. The summed E-state index contributed by atoms with van der Waals surface area (Å²) in [5, 5.41) is 2.21. The first-order valence-electron chi connectivity index (χ1n) is 5.47. The third kappa shape index (κ3) is 1.71. The Labute approximate surface area is 95.8 Å². The molecule has 0 unspecified atom stereocenters. The lowest BCUT2D eigenvalue weighted by atomic mass is 10.0. The average molecular weight is 216 g/mol. The van der Waals surface area contributed by atoms with E-state index in [1.54, 1.807) is 7.11 Å². The zero-order valence-corrected chi connectivity index (χ0v) is 9.91. The van der Waals surface area contributed by atoms with Crippen molar-refractivity contribution in [3.63, 3.8) is 0 Å². The predicted molar refractivity (Wildman–Crippen MR) is 66.4 cm³/mol. The van der Waals surface area contributed by atoms with E-state index in [2.05, 4.69) is 12.1 Å². The molecule has 0 aliphatic carbocycles. The van der Waals surface area contributed by atoms with Crippen molar-refractivity contribution in [1.82, 2.24) is 0 Å². The van der Waals surface area contributed by atoms with E-state index in [9.17, 15) is 0 Å². The zero-order valence-electron chi connectivity index (χ0n) is 9.91. The van der Waals surface area contributed by atoms with E-state index in [1.807, 2.05) is 32.0 Å². The number of hydrogen-bond donors (Lipinski definition) is 0. The minimum atomic E-state index is 0.676. The van der Waals surface area contributed by atoms with Gasteiger partial charge in [0.2, 0.25) is 0 Å². The first-order chi connectivity index (χ1) is 7.77. The molecule has 0 saturated carbocycles. The largest absolute Gasteiger partial charge is 0.496 e. The van der Waals surface area contributed by atoms with Crippen LogP contribution < -0.4 is 9.47 Å². The first kappa shape index (κ1) is 10.8. The Morgan fingerprint density at radius 3 is 2.44 bits per heavy atom. The molecule has 0 N–H and O–H groups in total. The topological polar surface area (TPSA) is 18.5 Å². The van der Waals surface area contributed by atoms with Crippen molar-refractivity contribution in [3.8, 4) is 11.5 Å². The molecule has 0 bridgehead atoms. The maximum atomic E-state index is 5.64. The first-order valence-corrected chi connectivity index (χ1v) is 5.47. The van der Waals surface area contributed by atoms with Crippen LogP contribution in [0.4, 0.5) is 0 Å². The van der Waals surface area contributed by atoms with Crippen molar-refractivity contribution < 1.29 is 9.47 Å². The van der Waals surface area contributed by atoms with Crippen molar-refractivity contribution in [1.29, 1.82) is 0 Å². The van der Waals surface area contributed by atoms with Gasteiger partial charge >= 0.3 is 0 Å². The van der Waals surface area contributed by atoms with Crippen LogP contribution in [0.3, 0.4) is 0 Å². The number of aryl methyl sites for hydroxylation is 1. The molecule has 0 spiro atoms. The lowest BCUT2D eigenvalue weighted by Crippen LogP contribution is -1.95. The molecule has 0 fully saturated rings. The summed E-state index contributed by atoms with van der Waals surface area (Å²) in [7, 11) is 1.70. The van der Waals surface area contributed by atoms with E-state index in [-0.39, 0.29) is 0 Å². The summed E-state index contributed by atoms with van der Waals surface area (Å²) in [5.41, 5.74) is 1.10. The van der Waals surface area contributed by atoms with Crippen LogP contribution >= 0.6 is 0 Å². The highest BCUT2D eigenvalue weighted by atomic mass is 16.5. The molecule has 2 heteroatoms. The molecule has 0 aliphatic heterocycles. The fourth-order valence-corrected chi connectivity index (χ4v) is 1.99. The summed E-state index contributed by atoms with van der Waals surface area (Å²) < 4.78 is 11.1. The van der Waals surface area contributed by atoms with E-state index in [0.717, 1.165) is 27.8 Å². The highest BCUT2D eigenvalue weighted by molar-refractivity contribution is 5.94. The van der Waals surface area contributed by atoms with E-state index >= 15 is 0 Å². The van der Waals surface area contributed by atoms with E-state index in [1.165, 1.54) is 0 Å². The van der Waals surface area contributed by atoms with Crippen LogP contribution in [-0.4, -0.2) is 13.7 Å². The van der Waals surface area contributed by atoms with Crippen molar-refractivity contribution in [2.45, 2.75) is 13.8 Å². The Kier molecular flexibility index (Phi) is 3.00. The van der Waals surface area contributed by atoms with Gasteiger partial charge in [-0.15, -0.1) is 0 Å². The Bertz CT molecular complexity index is 503. The van der Waals surface area contributed by atoms with Gasteiger partial charge in [0.25, 0.3) is 0 Å². The summed E-state index contributed by atoms with van der Waals surface area (Å²) in [4.78, 5) is 0. The minimum Gasteiger partial charge on any atom is -0.496 e. The van der Waals surface area contributed by atoms with E-state index < -0.39 is 0 Å². The van der Waals surface area contributed by atoms with Crippen LogP contribution in [0, 0.1) is 6.92 Å². The van der Waals surface area contributed by atoms with Crippen LogP contribution in [0.1, 0.15) is 12.5 Å². The predicted octanol–water partition coefficient (Wildman–Crippen LogP) is 3.56. The third-order valence-corrected chi connectivity index (χ3v) is 2.65. The van der Waals surface area contributed by atoms with Crippen molar-refractivity contribution in [2.24, 2.45) is 0 Å². The van der Waals surface area contributed by atoms with Gasteiger partial charge in [0.15, 0.2) is 0 Å². The van der Waals surface area contributed by atoms with Gasteiger partial charge in [0.05, 0.1) is 13.7 Å². The zero-order chi connectivity index (χ0) is 11.5. The molecule has 2 aromatic rings. The van der Waals surface area contributed by atoms with Gasteiger partial charge in [-0.25, -0.2) is 0 Å². The molecule has 0 saturated heterocycles. The smallest absolute Gasteiger partial charge is 0.129 e. The summed E-state index contributed by atoms with van der Waals surface area (Å²) in [6.45, 7) is 4.71. The Morgan fingerprint density at radius 2 is 1.81 bits per heavy atom. The standard InChI is InChI=1S/C14H16O2/c1-4-16-13-9-10(2)14(15-3)12-8-6-5-7-11(12)13/h5-9H,4H2,1-3H3. The second-order valence-corrected chi connectivity index (χ2v) is 3.70. The molecule has 2 rings (SSSR count). The van der Waals surface area contributed by atoms with Crippen molar-refractivity contribution in [3.05, 3.63) is 35.9 Å². The number of methoxy groups -OCH3 is 1. The number of hydrogen-bond acceptors (Lipinski definition) is 2. The summed E-state index contributed by atoms with van der Waals surface area (Å²) >= 11 is 0. The second kappa shape index (κ2) is 4.44. The Hall–Kier alpha value is -1.70. The number of benzene rings is 2. The molecule has 0 radical (unpaired) electrons. The van der Waals surface area contributed by atoms with Crippen LogP contribution in [0.2, 0.25) is 0 Å². The van der Waals surface area contributed by atoms with Gasteiger partial charge in [0, 0.05) is 10.8 Å². The number of rotatable bonds is 3. The molecular formula is C14H16O2. The fraction of sp³-hybridized carbons (Fsp3) is 0.286. The Balaban J connectivity index is 2.75. The molecule has 0 atom stereocenters. The highest BCUT2D eigenvalue weighted by Gasteiger charge is 2.09. The molecule has 2 aromatic carbocycles. The van der Waals surface area contributed by atoms with Crippen LogP contribution in [0.15, 0.2) is 30.3 Å². The lowest BCUT2D eigenvalue weighted by Gasteiger charge is -2.13. The second-order valence-electron chi connectivity index (χ2n) is 3.70. The molecule has 0 heterocycles. The average Bonchev–Trinajstić information content (AvgIpc) is 2.30. The number of ether oxygens (including phenoxy) is 2. The van der Waals surface area contributed by atoms with E-state index in [0.29, 0.717) is 6.61 Å². The highest BCUT2D eigenvalue weighted by Crippen LogP contribution is 2.36. The minimum absolute atomic E-state index is 0.676. The molecule has 0 amide bonds. The maximum absolute atomic E-state index is 5.64. The van der Waals surface area contributed by atoms with Crippen LogP contribution in [0.5, 0.6) is 11.5 Å². The normalized spacial score (nSPS) is 10.4. The fourth-order valence-electron chi connectivity index (χ4n) is 1.99. The van der Waals surface area contributed by atoms with E-state index in [4.69, 9.17) is 9.47 Å². The van der Waals surface area contributed by atoms with Gasteiger partial charge in [-0.2, -0.15) is 0 Å². The van der Waals surface area contributed by atoms with Crippen LogP contribution in [0.25, 0.3) is 10.8 Å². The summed E-state index contributed by atoms with van der Waals surface area (Å²) in [6.07, 6.45) is 0. The molecule has 0 aromatic heterocycles. The molecule has 84 valence electrons. The Morgan fingerprint density at radius 1 is 1.12 bits per heavy atom. The molecule has 16 heavy (non-hydrogen) atoms. The lowest BCUT2D eigenvalue weighted by molar-refractivity contribution is 0.343. The van der Waals surface area contributed by atoms with Gasteiger partial charge < -0.3 is 9.47 Å². The van der Waals surface area contributed by atoms with Crippen molar-refractivity contribution >= 4 is 10.8 Å². The monoisotopic (exact) mass is 216 g/mol. The number of fused-ring (bicyclic) bond motifs is 1. The molecule has 0 aliphatic rings. The van der Waals surface area contributed by atoms with Gasteiger partial charge in [-0.05, 0) is 25.5 Å². The van der Waals surface area contributed by atoms with Crippen molar-refractivity contribution in [2.75, 3.05) is 13.7 Å².